The van der Waals surface area contributed by atoms with Crippen molar-refractivity contribution in [3.8, 4) is 0 Å². The van der Waals surface area contributed by atoms with E-state index in [1.807, 2.05) is 4.68 Å². The molecule has 1 aromatic rings. The van der Waals surface area contributed by atoms with Crippen LogP contribution >= 0.6 is 35.0 Å². The van der Waals surface area contributed by atoms with Crippen molar-refractivity contribution in [2.75, 3.05) is 11.6 Å². The lowest BCUT2D eigenvalue weighted by atomic mass is 10.3. The van der Waals surface area contributed by atoms with Crippen molar-refractivity contribution >= 4 is 35.0 Å². The van der Waals surface area contributed by atoms with E-state index in [4.69, 9.17) is 23.2 Å². The number of alkyl halides is 1. The SMILES string of the molecule is CCc1nn(CC)c(CSCCCl)c1Cl. The van der Waals surface area contributed by atoms with Crippen molar-refractivity contribution in [1.82, 2.24) is 9.78 Å². The van der Waals surface area contributed by atoms with Crippen LogP contribution in [-0.2, 0) is 18.7 Å². The Morgan fingerprint density at radius 1 is 1.40 bits per heavy atom. The molecule has 0 fully saturated rings. The van der Waals surface area contributed by atoms with Crippen LogP contribution in [-0.4, -0.2) is 21.4 Å². The molecule has 0 aliphatic carbocycles. The highest BCUT2D eigenvalue weighted by Gasteiger charge is 2.13. The topological polar surface area (TPSA) is 17.8 Å². The molecule has 2 nitrogen and oxygen atoms in total. The van der Waals surface area contributed by atoms with Crippen molar-refractivity contribution in [3.05, 3.63) is 16.4 Å². The van der Waals surface area contributed by atoms with Gasteiger partial charge in [-0.25, -0.2) is 0 Å². The number of aromatic nitrogens is 2. The van der Waals surface area contributed by atoms with E-state index in [9.17, 15) is 0 Å². The van der Waals surface area contributed by atoms with Gasteiger partial charge in [0.05, 0.1) is 16.4 Å². The van der Waals surface area contributed by atoms with Crippen molar-refractivity contribution in [1.29, 1.82) is 0 Å². The molecular formula is C10H16Cl2N2S. The van der Waals surface area contributed by atoms with Crippen molar-refractivity contribution in [3.63, 3.8) is 0 Å². The van der Waals surface area contributed by atoms with Crippen LogP contribution in [0.5, 0.6) is 0 Å². The fourth-order valence-corrected chi connectivity index (χ4v) is 2.86. The second-order valence-corrected chi connectivity index (χ2v) is 4.98. The van der Waals surface area contributed by atoms with Crippen LogP contribution in [0.25, 0.3) is 0 Å². The first-order valence-corrected chi connectivity index (χ1v) is 7.19. The van der Waals surface area contributed by atoms with E-state index in [1.54, 1.807) is 11.8 Å². The van der Waals surface area contributed by atoms with Crippen LogP contribution in [0.15, 0.2) is 0 Å². The van der Waals surface area contributed by atoms with Gasteiger partial charge in [0, 0.05) is 23.9 Å². The summed E-state index contributed by atoms with van der Waals surface area (Å²) in [6, 6.07) is 0. The van der Waals surface area contributed by atoms with Gasteiger partial charge in [0.15, 0.2) is 0 Å². The number of halogens is 2. The summed E-state index contributed by atoms with van der Waals surface area (Å²) in [6.45, 7) is 5.03. The molecule has 0 saturated heterocycles. The van der Waals surface area contributed by atoms with Gasteiger partial charge in [-0.05, 0) is 13.3 Å². The van der Waals surface area contributed by atoms with E-state index >= 15 is 0 Å². The molecule has 0 atom stereocenters. The molecule has 0 spiro atoms. The molecule has 0 aliphatic rings. The normalized spacial score (nSPS) is 10.9. The predicted molar refractivity (Wildman–Crippen MR) is 69.2 cm³/mol. The zero-order valence-electron chi connectivity index (χ0n) is 9.09. The van der Waals surface area contributed by atoms with Crippen molar-refractivity contribution < 1.29 is 0 Å². The minimum Gasteiger partial charge on any atom is -0.267 e. The third-order valence-corrected chi connectivity index (χ3v) is 3.97. The number of nitrogens with zero attached hydrogens (tertiary/aromatic N) is 2. The zero-order chi connectivity index (χ0) is 11.3. The van der Waals surface area contributed by atoms with E-state index < -0.39 is 0 Å². The minimum atomic E-state index is 0.684. The Hall–Kier alpha value is 0.140. The number of rotatable bonds is 6. The lowest BCUT2D eigenvalue weighted by Crippen LogP contribution is -2.02. The van der Waals surface area contributed by atoms with E-state index in [0.29, 0.717) is 5.88 Å². The van der Waals surface area contributed by atoms with Crippen LogP contribution in [0.3, 0.4) is 0 Å². The van der Waals surface area contributed by atoms with Crippen LogP contribution in [0, 0.1) is 0 Å². The Morgan fingerprint density at radius 3 is 2.67 bits per heavy atom. The third-order valence-electron chi connectivity index (χ3n) is 2.15. The van der Waals surface area contributed by atoms with Crippen LogP contribution in [0.4, 0.5) is 0 Å². The molecule has 1 aromatic heterocycles. The molecule has 0 radical (unpaired) electrons. The smallest absolute Gasteiger partial charge is 0.0858 e. The third kappa shape index (κ3) is 3.30. The van der Waals surface area contributed by atoms with E-state index in [2.05, 4.69) is 18.9 Å². The molecule has 86 valence electrons. The molecule has 1 heterocycles. The molecule has 0 saturated carbocycles. The lowest BCUT2D eigenvalue weighted by Gasteiger charge is -2.03. The summed E-state index contributed by atoms with van der Waals surface area (Å²) in [6.07, 6.45) is 0.888. The molecule has 0 bridgehead atoms. The Bertz CT molecular complexity index is 313. The monoisotopic (exact) mass is 266 g/mol. The molecule has 0 aliphatic heterocycles. The second-order valence-electron chi connectivity index (χ2n) is 3.12. The molecular weight excluding hydrogens is 251 g/mol. The van der Waals surface area contributed by atoms with E-state index in [-0.39, 0.29) is 0 Å². The van der Waals surface area contributed by atoms with Crippen molar-refractivity contribution in [2.45, 2.75) is 32.6 Å². The maximum atomic E-state index is 6.26. The van der Waals surface area contributed by atoms with E-state index in [1.165, 1.54) is 0 Å². The van der Waals surface area contributed by atoms with Crippen LogP contribution < -0.4 is 0 Å². The van der Waals surface area contributed by atoms with Gasteiger partial charge in [0.2, 0.25) is 0 Å². The first-order valence-electron chi connectivity index (χ1n) is 5.12. The maximum absolute atomic E-state index is 6.26. The van der Waals surface area contributed by atoms with Gasteiger partial charge < -0.3 is 0 Å². The fraction of sp³-hybridized carbons (Fsp3) is 0.700. The summed E-state index contributed by atoms with van der Waals surface area (Å²) >= 11 is 13.7. The maximum Gasteiger partial charge on any atom is 0.0858 e. The summed E-state index contributed by atoms with van der Waals surface area (Å²) < 4.78 is 1.99. The molecule has 0 N–H and O–H groups in total. The summed E-state index contributed by atoms with van der Waals surface area (Å²) in [5, 5.41) is 5.30. The highest BCUT2D eigenvalue weighted by atomic mass is 35.5. The van der Waals surface area contributed by atoms with Crippen LogP contribution in [0.1, 0.15) is 25.2 Å². The Labute approximate surface area is 105 Å². The first kappa shape index (κ1) is 13.2. The first-order chi connectivity index (χ1) is 7.24. The Kier molecular flexibility index (Phi) is 5.87. The Balaban J connectivity index is 2.78. The highest BCUT2D eigenvalue weighted by molar-refractivity contribution is 7.98. The van der Waals surface area contributed by atoms with Gasteiger partial charge in [0.1, 0.15) is 0 Å². The predicted octanol–water partition coefficient (Wildman–Crippen LogP) is 3.59. The second kappa shape index (κ2) is 6.66. The van der Waals surface area contributed by atoms with Crippen LogP contribution in [0.2, 0.25) is 5.02 Å². The number of thioether (sulfide) groups is 1. The van der Waals surface area contributed by atoms with Gasteiger partial charge in [0.25, 0.3) is 0 Å². The average molecular weight is 267 g/mol. The number of hydrogen-bond donors (Lipinski definition) is 0. The summed E-state index contributed by atoms with van der Waals surface area (Å²) in [4.78, 5) is 0. The van der Waals surface area contributed by atoms with Gasteiger partial charge >= 0.3 is 0 Å². The molecule has 1 rings (SSSR count). The summed E-state index contributed by atoms with van der Waals surface area (Å²) in [7, 11) is 0. The van der Waals surface area contributed by atoms with E-state index in [0.717, 1.165) is 40.9 Å². The van der Waals surface area contributed by atoms with Gasteiger partial charge in [-0.15, -0.1) is 11.6 Å². The average Bonchev–Trinajstić information content (AvgIpc) is 2.56. The zero-order valence-corrected chi connectivity index (χ0v) is 11.4. The molecule has 0 amide bonds. The molecule has 15 heavy (non-hydrogen) atoms. The largest absolute Gasteiger partial charge is 0.267 e. The van der Waals surface area contributed by atoms with Gasteiger partial charge in [-0.2, -0.15) is 16.9 Å². The minimum absolute atomic E-state index is 0.684. The number of aryl methyl sites for hydroxylation is 2. The quantitative estimate of drug-likeness (QED) is 0.579. The molecule has 0 aromatic carbocycles. The molecule has 0 unspecified atom stereocenters. The summed E-state index contributed by atoms with van der Waals surface area (Å²) in [5.41, 5.74) is 2.13. The Morgan fingerprint density at radius 2 is 2.13 bits per heavy atom. The highest BCUT2D eigenvalue weighted by Crippen LogP contribution is 2.25. The number of hydrogen-bond acceptors (Lipinski definition) is 2. The lowest BCUT2D eigenvalue weighted by molar-refractivity contribution is 0.628. The molecule has 5 heteroatoms. The van der Waals surface area contributed by atoms with Gasteiger partial charge in [-0.3, -0.25) is 4.68 Å². The standard InChI is InChI=1S/C10H16Cl2N2S/c1-3-8-10(12)9(7-15-6-5-11)14(4-2)13-8/h3-7H2,1-2H3. The fourth-order valence-electron chi connectivity index (χ4n) is 1.38. The summed E-state index contributed by atoms with van der Waals surface area (Å²) in [5.74, 6) is 2.53. The van der Waals surface area contributed by atoms with Gasteiger partial charge in [-0.1, -0.05) is 18.5 Å². The van der Waals surface area contributed by atoms with Crippen molar-refractivity contribution in [2.24, 2.45) is 0 Å².